The van der Waals surface area contributed by atoms with Crippen LogP contribution in [0.1, 0.15) is 54.9 Å². The molecule has 0 radical (unpaired) electrons. The number of fused-ring (bicyclic) bond motifs is 15. The minimum Gasteiger partial charge on any atom is -0.333 e. The Kier molecular flexibility index (Phi) is 5.61. The molecule has 52 heavy (non-hydrogen) atoms. The van der Waals surface area contributed by atoms with Crippen molar-refractivity contribution in [2.75, 3.05) is 4.90 Å². The molecular weight excluding hydrogens is 629 g/mol. The molecule has 0 amide bonds. The summed E-state index contributed by atoms with van der Waals surface area (Å²) in [7, 11) is 0. The summed E-state index contributed by atoms with van der Waals surface area (Å²) in [6.45, 7) is 2.56. The number of anilines is 1. The first-order chi connectivity index (χ1) is 25.7. The molecule has 3 atom stereocenters. The Hall–Kier alpha value is -5.86. The van der Waals surface area contributed by atoms with E-state index in [0.29, 0.717) is 6.04 Å². The van der Waals surface area contributed by atoms with Gasteiger partial charge in [-0.1, -0.05) is 134 Å². The van der Waals surface area contributed by atoms with E-state index in [1.54, 1.807) is 0 Å². The second-order valence-corrected chi connectivity index (χ2v) is 15.6. The standard InChI is InChI=1S/C50H38N2/c1-49-31-13-12-22-38(49)48-40(24-15-30-46(48)52-43-27-10-5-18-34(43)35-19-6-11-28-44(35)52)50(49)37-21-7-2-20-36(37)47-39(50)23-14-29-45(47)51-41-25-8-3-16-32(41)33-17-4-9-26-42(33)51/h2-3,5-16,18-24,26-30,41H,4,17,25,31H2,1H3. The van der Waals surface area contributed by atoms with Crippen molar-refractivity contribution in [1.29, 1.82) is 0 Å². The number of nitrogens with zero attached hydrogens (tertiary/aromatic N) is 2. The Morgan fingerprint density at radius 2 is 1.33 bits per heavy atom. The fourth-order valence-corrected chi connectivity index (χ4v) is 11.5. The number of rotatable bonds is 2. The second-order valence-electron chi connectivity index (χ2n) is 15.6. The topological polar surface area (TPSA) is 8.17 Å². The van der Waals surface area contributed by atoms with Gasteiger partial charge in [-0.2, -0.15) is 0 Å². The third kappa shape index (κ3) is 3.28. The van der Waals surface area contributed by atoms with Crippen LogP contribution in [0.5, 0.6) is 0 Å². The summed E-state index contributed by atoms with van der Waals surface area (Å²) in [4.78, 5) is 2.71. The molecule has 3 unspecified atom stereocenters. The highest BCUT2D eigenvalue weighted by molar-refractivity contribution is 6.10. The zero-order valence-electron chi connectivity index (χ0n) is 29.3. The van der Waals surface area contributed by atoms with E-state index in [1.807, 2.05) is 0 Å². The molecule has 5 aliphatic carbocycles. The molecular formula is C50H38N2. The van der Waals surface area contributed by atoms with Gasteiger partial charge in [-0.3, -0.25) is 0 Å². The molecule has 1 spiro atoms. The summed E-state index contributed by atoms with van der Waals surface area (Å²) in [5.41, 5.74) is 18.9. The number of benzene rings is 5. The van der Waals surface area contributed by atoms with Crippen LogP contribution < -0.4 is 4.90 Å². The third-order valence-electron chi connectivity index (χ3n) is 13.4. The molecule has 1 aliphatic heterocycles. The Bertz CT molecular complexity index is 2720. The van der Waals surface area contributed by atoms with Gasteiger partial charge in [0, 0.05) is 38.7 Å². The molecule has 0 fully saturated rings. The van der Waals surface area contributed by atoms with Crippen molar-refractivity contribution >= 4 is 33.1 Å². The van der Waals surface area contributed by atoms with Crippen LogP contribution in [0.15, 0.2) is 175 Å². The van der Waals surface area contributed by atoms with Gasteiger partial charge in [0.25, 0.3) is 0 Å². The highest BCUT2D eigenvalue weighted by atomic mass is 15.2. The van der Waals surface area contributed by atoms with E-state index in [0.717, 1.165) is 25.7 Å². The molecule has 6 aromatic rings. The van der Waals surface area contributed by atoms with Crippen LogP contribution in [0.2, 0.25) is 0 Å². The molecule has 6 aliphatic rings. The first-order valence-corrected chi connectivity index (χ1v) is 19.0. The highest BCUT2D eigenvalue weighted by Crippen LogP contribution is 2.72. The lowest BCUT2D eigenvalue weighted by Crippen LogP contribution is -2.41. The first-order valence-electron chi connectivity index (χ1n) is 19.0. The van der Waals surface area contributed by atoms with Crippen LogP contribution in [0.3, 0.4) is 0 Å². The van der Waals surface area contributed by atoms with E-state index in [4.69, 9.17) is 0 Å². The van der Waals surface area contributed by atoms with Crippen molar-refractivity contribution in [3.63, 3.8) is 0 Å². The predicted octanol–water partition coefficient (Wildman–Crippen LogP) is 12.1. The smallest absolute Gasteiger partial charge is 0.0629 e. The van der Waals surface area contributed by atoms with Crippen molar-refractivity contribution in [2.45, 2.75) is 44.1 Å². The zero-order chi connectivity index (χ0) is 34.2. The minimum absolute atomic E-state index is 0.197. The normalized spacial score (nSPS) is 24.6. The van der Waals surface area contributed by atoms with E-state index >= 15 is 0 Å². The number of hydrogen-bond donors (Lipinski definition) is 0. The summed E-state index contributed by atoms with van der Waals surface area (Å²) < 4.78 is 2.54. The van der Waals surface area contributed by atoms with Crippen molar-refractivity contribution in [3.05, 3.63) is 197 Å². The molecule has 248 valence electrons. The number of hydrogen-bond acceptors (Lipinski definition) is 1. The zero-order valence-corrected chi connectivity index (χ0v) is 29.3. The van der Waals surface area contributed by atoms with E-state index in [-0.39, 0.29) is 10.8 Å². The molecule has 1 aromatic heterocycles. The van der Waals surface area contributed by atoms with Crippen LogP contribution in [0.25, 0.3) is 44.2 Å². The maximum absolute atomic E-state index is 2.71. The van der Waals surface area contributed by atoms with E-state index in [9.17, 15) is 0 Å². The fourth-order valence-electron chi connectivity index (χ4n) is 11.5. The molecule has 0 saturated heterocycles. The van der Waals surface area contributed by atoms with Gasteiger partial charge in [0.05, 0.1) is 28.2 Å². The largest absolute Gasteiger partial charge is 0.333 e. The molecule has 0 saturated carbocycles. The monoisotopic (exact) mass is 666 g/mol. The predicted molar refractivity (Wildman–Crippen MR) is 216 cm³/mol. The summed E-state index contributed by atoms with van der Waals surface area (Å²) in [5, 5.41) is 2.60. The fraction of sp³-hybridized carbons (Fsp3) is 0.160. The van der Waals surface area contributed by atoms with Crippen molar-refractivity contribution < 1.29 is 0 Å². The number of para-hydroxylation sites is 2. The number of aromatic nitrogens is 1. The van der Waals surface area contributed by atoms with E-state index in [1.165, 1.54) is 89.0 Å². The van der Waals surface area contributed by atoms with Crippen LogP contribution in [-0.2, 0) is 5.41 Å². The first kappa shape index (κ1) is 28.8. The van der Waals surface area contributed by atoms with Gasteiger partial charge < -0.3 is 9.47 Å². The van der Waals surface area contributed by atoms with Crippen molar-refractivity contribution in [2.24, 2.45) is 5.41 Å². The van der Waals surface area contributed by atoms with Gasteiger partial charge in [-0.05, 0) is 95.0 Å². The van der Waals surface area contributed by atoms with Crippen LogP contribution in [-0.4, -0.2) is 10.6 Å². The summed E-state index contributed by atoms with van der Waals surface area (Å²) >= 11 is 0. The van der Waals surface area contributed by atoms with Gasteiger partial charge in [0.1, 0.15) is 0 Å². The average Bonchev–Trinajstić information content (AvgIpc) is 3.89. The Morgan fingerprint density at radius 1 is 0.635 bits per heavy atom. The van der Waals surface area contributed by atoms with Gasteiger partial charge in [-0.25, -0.2) is 0 Å². The maximum Gasteiger partial charge on any atom is 0.0629 e. The molecule has 5 aromatic carbocycles. The summed E-state index contributed by atoms with van der Waals surface area (Å²) in [6.07, 6.45) is 23.2. The average molecular weight is 667 g/mol. The number of allylic oxidation sites excluding steroid dienone is 8. The Labute approximate surface area is 304 Å². The maximum atomic E-state index is 2.71. The molecule has 2 heteroatoms. The molecule has 0 N–H and O–H groups in total. The van der Waals surface area contributed by atoms with Crippen LogP contribution in [0.4, 0.5) is 5.69 Å². The highest BCUT2D eigenvalue weighted by Gasteiger charge is 2.63. The minimum atomic E-state index is -0.361. The van der Waals surface area contributed by atoms with Gasteiger partial charge in [-0.15, -0.1) is 0 Å². The Balaban J connectivity index is 1.19. The SMILES string of the molecule is CC12CC=CC=C1c1c(-n3c4ccccc4c4ccccc43)cccc1C21c2ccccc2-c2c(N3C4=C(CCC=C4)C4=CC=CCC43)cccc21. The van der Waals surface area contributed by atoms with Crippen LogP contribution >= 0.6 is 0 Å². The van der Waals surface area contributed by atoms with E-state index < -0.39 is 0 Å². The molecule has 0 bridgehead atoms. The summed E-state index contributed by atoms with van der Waals surface area (Å²) in [5.74, 6) is 0. The molecule has 2 nitrogen and oxygen atoms in total. The lowest BCUT2D eigenvalue weighted by molar-refractivity contribution is 0.327. The van der Waals surface area contributed by atoms with Crippen molar-refractivity contribution in [3.8, 4) is 16.8 Å². The quantitative estimate of drug-likeness (QED) is 0.179. The molecule has 12 rings (SSSR count). The lowest BCUT2D eigenvalue weighted by atomic mass is 9.56. The van der Waals surface area contributed by atoms with Gasteiger partial charge in [0.15, 0.2) is 0 Å². The second kappa shape index (κ2) is 10.1. The van der Waals surface area contributed by atoms with Gasteiger partial charge >= 0.3 is 0 Å². The van der Waals surface area contributed by atoms with Crippen molar-refractivity contribution in [1.82, 2.24) is 4.57 Å². The van der Waals surface area contributed by atoms with E-state index in [2.05, 4.69) is 174 Å². The van der Waals surface area contributed by atoms with Gasteiger partial charge in [0.2, 0.25) is 0 Å². The summed E-state index contributed by atoms with van der Waals surface area (Å²) in [6, 6.07) is 42.0. The van der Waals surface area contributed by atoms with Crippen LogP contribution in [0, 0.1) is 5.41 Å². The molecule has 2 heterocycles. The lowest BCUT2D eigenvalue weighted by Gasteiger charge is -2.45. The third-order valence-corrected chi connectivity index (χ3v) is 13.4. The Morgan fingerprint density at radius 3 is 2.15 bits per heavy atom.